The Hall–Kier alpha value is -2.28. The van der Waals surface area contributed by atoms with Gasteiger partial charge in [0.15, 0.2) is 5.11 Å². The second-order valence-corrected chi connectivity index (χ2v) is 7.32. The van der Waals surface area contributed by atoms with Crippen LogP contribution in [0.3, 0.4) is 0 Å². The van der Waals surface area contributed by atoms with Crippen LogP contribution in [0.4, 0.5) is 18.9 Å². The Bertz CT molecular complexity index is 832. The lowest BCUT2D eigenvalue weighted by Crippen LogP contribution is -2.45. The van der Waals surface area contributed by atoms with E-state index in [1.165, 1.54) is 12.1 Å². The van der Waals surface area contributed by atoms with Crippen molar-refractivity contribution in [1.29, 1.82) is 0 Å². The summed E-state index contributed by atoms with van der Waals surface area (Å²) in [6, 6.07) is 12.9. The van der Waals surface area contributed by atoms with Crippen LogP contribution in [-0.2, 0) is 11.7 Å². The highest BCUT2D eigenvalue weighted by atomic mass is 32.1. The molecule has 28 heavy (non-hydrogen) atoms. The lowest BCUT2D eigenvalue weighted by Gasteiger charge is -2.33. The molecule has 2 N–H and O–H groups in total. The Morgan fingerprint density at radius 2 is 1.82 bits per heavy atom. The van der Waals surface area contributed by atoms with E-state index in [4.69, 9.17) is 17.0 Å². The third-order valence-electron chi connectivity index (χ3n) is 4.96. The van der Waals surface area contributed by atoms with Gasteiger partial charge in [-0.25, -0.2) is 0 Å². The molecule has 0 unspecified atom stereocenters. The standard InChI is InChI=1S/C21H23F3N2OS/c1-2-27-18-10-6-9-17(14-18)25-19(28)26-20(11-3-4-12-20)15-7-5-8-16(13-15)21(22,23)24/h5-10,13-14H,2-4,11-12H2,1H3,(H2,25,26,28). The summed E-state index contributed by atoms with van der Waals surface area (Å²) in [6.07, 6.45) is -1.03. The van der Waals surface area contributed by atoms with Gasteiger partial charge in [-0.3, -0.25) is 0 Å². The Balaban J connectivity index is 1.79. The summed E-state index contributed by atoms with van der Waals surface area (Å²) >= 11 is 5.47. The average molecular weight is 408 g/mol. The van der Waals surface area contributed by atoms with E-state index in [-0.39, 0.29) is 0 Å². The van der Waals surface area contributed by atoms with Gasteiger partial charge >= 0.3 is 6.18 Å². The van der Waals surface area contributed by atoms with Gasteiger partial charge in [0.1, 0.15) is 5.75 Å². The minimum Gasteiger partial charge on any atom is -0.494 e. The Morgan fingerprint density at radius 3 is 2.50 bits per heavy atom. The number of hydrogen-bond donors (Lipinski definition) is 2. The summed E-state index contributed by atoms with van der Waals surface area (Å²) in [4.78, 5) is 0. The van der Waals surface area contributed by atoms with Crippen LogP contribution in [-0.4, -0.2) is 11.7 Å². The van der Waals surface area contributed by atoms with Crippen LogP contribution < -0.4 is 15.4 Å². The zero-order chi connectivity index (χ0) is 20.2. The lowest BCUT2D eigenvalue weighted by atomic mass is 9.87. The summed E-state index contributed by atoms with van der Waals surface area (Å²) in [7, 11) is 0. The molecule has 3 rings (SSSR count). The quantitative estimate of drug-likeness (QED) is 0.607. The summed E-state index contributed by atoms with van der Waals surface area (Å²) in [6.45, 7) is 2.47. The van der Waals surface area contributed by atoms with E-state index in [0.29, 0.717) is 17.3 Å². The van der Waals surface area contributed by atoms with Crippen molar-refractivity contribution in [3.8, 4) is 5.75 Å². The molecule has 0 saturated heterocycles. The zero-order valence-electron chi connectivity index (χ0n) is 15.6. The second-order valence-electron chi connectivity index (χ2n) is 6.91. The maximum Gasteiger partial charge on any atom is 0.416 e. The van der Waals surface area contributed by atoms with Crippen molar-refractivity contribution in [3.63, 3.8) is 0 Å². The molecule has 2 aromatic rings. The first kappa shape index (κ1) is 20.5. The molecule has 0 heterocycles. The van der Waals surface area contributed by atoms with Gasteiger partial charge in [0.25, 0.3) is 0 Å². The highest BCUT2D eigenvalue weighted by Gasteiger charge is 2.38. The maximum atomic E-state index is 13.2. The van der Waals surface area contributed by atoms with Crippen LogP contribution in [0.5, 0.6) is 5.75 Å². The van der Waals surface area contributed by atoms with Crippen LogP contribution in [0.15, 0.2) is 48.5 Å². The highest BCUT2D eigenvalue weighted by molar-refractivity contribution is 7.80. The molecule has 150 valence electrons. The normalized spacial score (nSPS) is 15.9. The largest absolute Gasteiger partial charge is 0.494 e. The van der Waals surface area contributed by atoms with Crippen LogP contribution in [0, 0.1) is 0 Å². The summed E-state index contributed by atoms with van der Waals surface area (Å²) in [5.74, 6) is 0.726. The van der Waals surface area contributed by atoms with Gasteiger partial charge in [-0.15, -0.1) is 0 Å². The Kier molecular flexibility index (Phi) is 6.13. The van der Waals surface area contributed by atoms with Gasteiger partial charge in [0.2, 0.25) is 0 Å². The number of rotatable bonds is 5. The molecule has 0 aromatic heterocycles. The highest BCUT2D eigenvalue weighted by Crippen LogP contribution is 2.41. The van der Waals surface area contributed by atoms with Gasteiger partial charge in [-0.05, 0) is 61.8 Å². The predicted molar refractivity (Wildman–Crippen MR) is 109 cm³/mol. The van der Waals surface area contributed by atoms with Crippen LogP contribution in [0.1, 0.15) is 43.7 Å². The third kappa shape index (κ3) is 4.76. The number of benzene rings is 2. The van der Waals surface area contributed by atoms with E-state index in [1.54, 1.807) is 6.07 Å². The Labute approximate surface area is 168 Å². The van der Waals surface area contributed by atoms with E-state index in [9.17, 15) is 13.2 Å². The topological polar surface area (TPSA) is 33.3 Å². The molecule has 1 fully saturated rings. The number of anilines is 1. The number of thiocarbonyl (C=S) groups is 1. The molecule has 0 bridgehead atoms. The third-order valence-corrected chi connectivity index (χ3v) is 5.16. The van der Waals surface area contributed by atoms with Crippen molar-refractivity contribution in [1.82, 2.24) is 5.32 Å². The zero-order valence-corrected chi connectivity index (χ0v) is 16.4. The van der Waals surface area contributed by atoms with Gasteiger partial charge in [-0.1, -0.05) is 31.0 Å². The number of hydrogen-bond acceptors (Lipinski definition) is 2. The number of nitrogens with one attached hydrogen (secondary N) is 2. The molecule has 1 saturated carbocycles. The van der Waals surface area contributed by atoms with Crippen LogP contribution in [0.25, 0.3) is 0 Å². The van der Waals surface area contributed by atoms with E-state index in [1.807, 2.05) is 31.2 Å². The van der Waals surface area contributed by atoms with Crippen molar-refractivity contribution in [2.45, 2.75) is 44.3 Å². The van der Waals surface area contributed by atoms with Crippen LogP contribution >= 0.6 is 12.2 Å². The molecule has 0 radical (unpaired) electrons. The SMILES string of the molecule is CCOc1cccc(NC(=S)NC2(c3cccc(C(F)(F)F)c3)CCCC2)c1. The fourth-order valence-electron chi connectivity index (χ4n) is 3.67. The average Bonchev–Trinajstić information content (AvgIpc) is 3.11. The molecule has 7 heteroatoms. The molecular formula is C21H23F3N2OS. The summed E-state index contributed by atoms with van der Waals surface area (Å²) in [5.41, 5.74) is 0.150. The predicted octanol–water partition coefficient (Wildman–Crippen LogP) is 5.86. The second kappa shape index (κ2) is 8.39. The fourth-order valence-corrected chi connectivity index (χ4v) is 3.98. The van der Waals surface area contributed by atoms with E-state index in [2.05, 4.69) is 10.6 Å². The summed E-state index contributed by atoms with van der Waals surface area (Å²) in [5, 5.41) is 6.81. The number of alkyl halides is 3. The molecule has 0 amide bonds. The lowest BCUT2D eigenvalue weighted by molar-refractivity contribution is -0.137. The van der Waals surface area contributed by atoms with E-state index >= 15 is 0 Å². The molecule has 0 aliphatic heterocycles. The first-order chi connectivity index (χ1) is 13.3. The molecular weight excluding hydrogens is 385 g/mol. The Morgan fingerprint density at radius 1 is 1.11 bits per heavy atom. The molecule has 0 spiro atoms. The van der Waals surface area contributed by atoms with Gasteiger partial charge < -0.3 is 15.4 Å². The smallest absolute Gasteiger partial charge is 0.416 e. The van der Waals surface area contributed by atoms with E-state index in [0.717, 1.165) is 43.2 Å². The first-order valence-corrected chi connectivity index (χ1v) is 9.73. The van der Waals surface area contributed by atoms with Crippen molar-refractivity contribution in [3.05, 3.63) is 59.7 Å². The molecule has 3 nitrogen and oxygen atoms in total. The number of ether oxygens (including phenoxy) is 1. The molecule has 1 aliphatic carbocycles. The molecule has 2 aromatic carbocycles. The van der Waals surface area contributed by atoms with Gasteiger partial charge in [0.05, 0.1) is 17.7 Å². The summed E-state index contributed by atoms with van der Waals surface area (Å²) < 4.78 is 45.0. The van der Waals surface area contributed by atoms with Crippen molar-refractivity contribution < 1.29 is 17.9 Å². The van der Waals surface area contributed by atoms with Crippen molar-refractivity contribution in [2.75, 3.05) is 11.9 Å². The minimum atomic E-state index is -4.37. The first-order valence-electron chi connectivity index (χ1n) is 9.32. The molecule has 0 atom stereocenters. The van der Waals surface area contributed by atoms with Crippen molar-refractivity contribution in [2.24, 2.45) is 0 Å². The van der Waals surface area contributed by atoms with E-state index < -0.39 is 17.3 Å². The van der Waals surface area contributed by atoms with Gasteiger partial charge in [0, 0.05) is 11.8 Å². The maximum absolute atomic E-state index is 13.2. The van der Waals surface area contributed by atoms with Crippen LogP contribution in [0.2, 0.25) is 0 Å². The minimum absolute atomic E-state index is 0.382. The number of halogens is 3. The fraction of sp³-hybridized carbons (Fsp3) is 0.381. The van der Waals surface area contributed by atoms with Gasteiger partial charge in [-0.2, -0.15) is 13.2 Å². The molecule has 1 aliphatic rings. The van der Waals surface area contributed by atoms with Crippen molar-refractivity contribution >= 4 is 23.0 Å². The monoisotopic (exact) mass is 408 g/mol.